The van der Waals surface area contributed by atoms with Crippen LogP contribution in [-0.2, 0) is 24.2 Å². The van der Waals surface area contributed by atoms with Crippen molar-refractivity contribution in [3.8, 4) is 16.8 Å². The number of aryl methyl sites for hydroxylation is 1. The van der Waals surface area contributed by atoms with Crippen LogP contribution in [0.2, 0.25) is 0 Å². The fraction of sp³-hybridized carbons (Fsp3) is 0.333. The van der Waals surface area contributed by atoms with Crippen molar-refractivity contribution in [2.75, 3.05) is 7.11 Å². The van der Waals surface area contributed by atoms with E-state index in [1.807, 2.05) is 36.4 Å². The number of fused-ring (bicyclic) bond motifs is 1. The van der Waals surface area contributed by atoms with E-state index in [9.17, 15) is 9.90 Å². The van der Waals surface area contributed by atoms with Crippen molar-refractivity contribution < 1.29 is 14.6 Å². The Labute approximate surface area is 171 Å². The zero-order valence-corrected chi connectivity index (χ0v) is 17.1. The number of carboxylic acids is 1. The number of carboxylic acid groups (broad SMARTS) is 1. The highest BCUT2D eigenvalue weighted by molar-refractivity contribution is 5.88. The zero-order valence-electron chi connectivity index (χ0n) is 17.1. The molecule has 0 fully saturated rings. The molecule has 0 unspecified atom stereocenters. The summed E-state index contributed by atoms with van der Waals surface area (Å²) in [4.78, 5) is 12.1. The first-order chi connectivity index (χ1) is 13.9. The Kier molecular flexibility index (Phi) is 5.01. The van der Waals surface area contributed by atoms with E-state index in [4.69, 9.17) is 4.74 Å². The molecule has 1 aromatic heterocycles. The molecule has 0 aliphatic heterocycles. The molecule has 1 heterocycles. The van der Waals surface area contributed by atoms with Crippen LogP contribution >= 0.6 is 0 Å². The minimum atomic E-state index is -0.925. The Balaban J connectivity index is 1.74. The van der Waals surface area contributed by atoms with Gasteiger partial charge in [0.05, 0.1) is 18.0 Å². The van der Waals surface area contributed by atoms with Crippen LogP contribution in [0.3, 0.4) is 0 Å². The maximum Gasteiger partial charge on any atom is 0.354 e. The molecule has 0 spiro atoms. The third-order valence-electron chi connectivity index (χ3n) is 5.70. The Hall–Kier alpha value is -2.92. The van der Waals surface area contributed by atoms with Gasteiger partial charge in [0.2, 0.25) is 0 Å². The highest BCUT2D eigenvalue weighted by atomic mass is 16.5. The highest BCUT2D eigenvalue weighted by Crippen LogP contribution is 2.37. The van der Waals surface area contributed by atoms with Gasteiger partial charge < -0.3 is 9.84 Å². The molecular formula is C24H26N2O3. The van der Waals surface area contributed by atoms with Gasteiger partial charge in [-0.2, -0.15) is 5.10 Å². The summed E-state index contributed by atoms with van der Waals surface area (Å²) in [5, 5.41) is 14.6. The predicted octanol–water partition coefficient (Wildman–Crippen LogP) is 4.90. The number of nitrogens with zero attached hydrogens (tertiary/aromatic N) is 2. The maximum atomic E-state index is 12.1. The summed E-state index contributed by atoms with van der Waals surface area (Å²) in [6.45, 7) is 4.92. The average Bonchev–Trinajstić information content (AvgIpc) is 3.06. The number of aromatic carboxylic acids is 1. The Morgan fingerprint density at radius 2 is 1.90 bits per heavy atom. The summed E-state index contributed by atoms with van der Waals surface area (Å²) in [6, 6.07) is 16.0. The first kappa shape index (κ1) is 19.4. The third-order valence-corrected chi connectivity index (χ3v) is 5.70. The molecule has 0 radical (unpaired) electrons. The fourth-order valence-electron chi connectivity index (χ4n) is 4.18. The van der Waals surface area contributed by atoms with Gasteiger partial charge in [-0.15, -0.1) is 0 Å². The van der Waals surface area contributed by atoms with Gasteiger partial charge in [-0.1, -0.05) is 50.2 Å². The van der Waals surface area contributed by atoms with Crippen LogP contribution in [0.25, 0.3) is 16.8 Å². The van der Waals surface area contributed by atoms with Crippen LogP contribution in [0.15, 0.2) is 48.5 Å². The first-order valence-electron chi connectivity index (χ1n) is 9.91. The summed E-state index contributed by atoms with van der Waals surface area (Å²) < 4.78 is 6.91. The summed E-state index contributed by atoms with van der Waals surface area (Å²) in [5.74, 6) is -0.925. The lowest BCUT2D eigenvalue weighted by molar-refractivity contribution is 0.0685. The lowest BCUT2D eigenvalue weighted by Gasteiger charge is -2.28. The van der Waals surface area contributed by atoms with Crippen LogP contribution in [0.5, 0.6) is 0 Å². The second-order valence-corrected chi connectivity index (χ2v) is 8.47. The van der Waals surface area contributed by atoms with Crippen molar-refractivity contribution in [2.24, 2.45) is 5.41 Å². The van der Waals surface area contributed by atoms with Gasteiger partial charge in [-0.05, 0) is 53.5 Å². The van der Waals surface area contributed by atoms with E-state index in [1.165, 1.54) is 0 Å². The van der Waals surface area contributed by atoms with Crippen LogP contribution < -0.4 is 0 Å². The van der Waals surface area contributed by atoms with Gasteiger partial charge in [0.15, 0.2) is 5.69 Å². The van der Waals surface area contributed by atoms with Crippen molar-refractivity contribution in [3.63, 3.8) is 0 Å². The highest BCUT2D eigenvalue weighted by Gasteiger charge is 2.33. The van der Waals surface area contributed by atoms with Gasteiger partial charge in [-0.3, -0.25) is 0 Å². The minimum absolute atomic E-state index is 0.0972. The lowest BCUT2D eigenvalue weighted by Crippen LogP contribution is -2.23. The number of benzene rings is 2. The number of methoxy groups -OCH3 is 1. The van der Waals surface area contributed by atoms with Gasteiger partial charge in [0.1, 0.15) is 0 Å². The molecular weight excluding hydrogens is 364 g/mol. The van der Waals surface area contributed by atoms with E-state index in [-0.39, 0.29) is 5.41 Å². The normalized spacial score (nSPS) is 15.1. The standard InChI is InChI=1S/C24H26N2O3/c1-24(2)13-12-21-20(14-24)22(23(27)28)26(25-21)18-10-8-16(9-11-18)19-7-5-4-6-17(19)15-29-3/h4-11H,12-15H2,1-3H3,(H,27,28). The van der Waals surface area contributed by atoms with E-state index >= 15 is 0 Å². The molecule has 0 saturated carbocycles. The summed E-state index contributed by atoms with van der Waals surface area (Å²) in [5.41, 5.74) is 6.24. The largest absolute Gasteiger partial charge is 0.476 e. The van der Waals surface area contributed by atoms with Crippen LogP contribution in [-0.4, -0.2) is 28.0 Å². The van der Waals surface area contributed by atoms with E-state index in [0.717, 1.165) is 52.9 Å². The third kappa shape index (κ3) is 3.70. The Morgan fingerprint density at radius 3 is 2.59 bits per heavy atom. The van der Waals surface area contributed by atoms with Crippen molar-refractivity contribution in [1.29, 1.82) is 0 Å². The molecule has 3 aromatic rings. The molecule has 1 N–H and O–H groups in total. The molecule has 0 amide bonds. The average molecular weight is 390 g/mol. The van der Waals surface area contributed by atoms with E-state index in [0.29, 0.717) is 12.3 Å². The molecule has 5 nitrogen and oxygen atoms in total. The molecule has 1 aliphatic rings. The Bertz CT molecular complexity index is 1050. The van der Waals surface area contributed by atoms with Crippen molar-refractivity contribution in [1.82, 2.24) is 9.78 Å². The van der Waals surface area contributed by atoms with Crippen LogP contribution in [0, 0.1) is 5.41 Å². The van der Waals surface area contributed by atoms with Crippen LogP contribution in [0.1, 0.15) is 47.6 Å². The lowest BCUT2D eigenvalue weighted by atomic mass is 9.76. The first-order valence-corrected chi connectivity index (χ1v) is 9.91. The molecule has 0 saturated heterocycles. The Morgan fingerprint density at radius 1 is 1.17 bits per heavy atom. The smallest absolute Gasteiger partial charge is 0.354 e. The van der Waals surface area contributed by atoms with Gasteiger partial charge >= 0.3 is 5.97 Å². The molecule has 4 rings (SSSR count). The maximum absolute atomic E-state index is 12.1. The summed E-state index contributed by atoms with van der Waals surface area (Å²) >= 11 is 0. The second kappa shape index (κ2) is 7.48. The quantitative estimate of drug-likeness (QED) is 0.673. The number of aromatic nitrogens is 2. The van der Waals surface area contributed by atoms with E-state index < -0.39 is 5.97 Å². The summed E-state index contributed by atoms with van der Waals surface area (Å²) in [6.07, 6.45) is 2.58. The molecule has 0 bridgehead atoms. The number of rotatable bonds is 5. The molecule has 2 aromatic carbocycles. The van der Waals surface area contributed by atoms with Crippen LogP contribution in [0.4, 0.5) is 0 Å². The molecule has 0 atom stereocenters. The molecule has 29 heavy (non-hydrogen) atoms. The topological polar surface area (TPSA) is 64.4 Å². The van der Waals surface area contributed by atoms with Crippen molar-refractivity contribution in [2.45, 2.75) is 39.7 Å². The second-order valence-electron chi connectivity index (χ2n) is 8.47. The van der Waals surface area contributed by atoms with Crippen molar-refractivity contribution >= 4 is 5.97 Å². The van der Waals surface area contributed by atoms with E-state index in [2.05, 4.69) is 31.1 Å². The molecule has 150 valence electrons. The number of hydrogen-bond donors (Lipinski definition) is 1. The number of ether oxygens (including phenoxy) is 1. The van der Waals surface area contributed by atoms with E-state index in [1.54, 1.807) is 11.8 Å². The monoisotopic (exact) mass is 390 g/mol. The van der Waals surface area contributed by atoms with Crippen molar-refractivity contribution in [3.05, 3.63) is 71.0 Å². The minimum Gasteiger partial charge on any atom is -0.476 e. The van der Waals surface area contributed by atoms with Gasteiger partial charge in [0.25, 0.3) is 0 Å². The molecule has 5 heteroatoms. The SMILES string of the molecule is COCc1ccccc1-c1ccc(-n2nc3c(c2C(=O)O)CC(C)(C)CC3)cc1. The zero-order chi connectivity index (χ0) is 20.6. The predicted molar refractivity (Wildman–Crippen MR) is 112 cm³/mol. The number of carbonyl (C=O) groups is 1. The van der Waals surface area contributed by atoms with Gasteiger partial charge in [0, 0.05) is 12.7 Å². The fourth-order valence-corrected chi connectivity index (χ4v) is 4.18. The summed E-state index contributed by atoms with van der Waals surface area (Å²) in [7, 11) is 1.69. The van der Waals surface area contributed by atoms with Gasteiger partial charge in [-0.25, -0.2) is 9.48 Å². The number of hydrogen-bond acceptors (Lipinski definition) is 3. The molecule has 1 aliphatic carbocycles.